The average Bonchev–Trinajstić information content (AvgIpc) is 2.65. The maximum Gasteiger partial charge on any atom is 0.335 e. The molecule has 82 valence electrons. The van der Waals surface area contributed by atoms with Crippen molar-refractivity contribution >= 4 is 11.9 Å². The number of rotatable bonds is 4. The van der Waals surface area contributed by atoms with Crippen molar-refractivity contribution in [3.8, 4) is 0 Å². The van der Waals surface area contributed by atoms with Crippen molar-refractivity contribution in [3.63, 3.8) is 0 Å². The summed E-state index contributed by atoms with van der Waals surface area (Å²) in [5.74, 6) is -1.68. The molecule has 0 unspecified atom stereocenters. The van der Waals surface area contributed by atoms with Crippen LogP contribution in [0.1, 0.15) is 18.7 Å². The Hall–Kier alpha value is -1.82. The largest absolute Gasteiger partial charge is 0.479 e. The number of amides is 1. The normalized spacial score (nSPS) is 14.3. The first-order chi connectivity index (χ1) is 7.02. The molecule has 0 aliphatic carbocycles. The molecule has 2 atom stereocenters. The zero-order chi connectivity index (χ0) is 11.4. The summed E-state index contributed by atoms with van der Waals surface area (Å²) < 4.78 is 4.93. The third kappa shape index (κ3) is 2.81. The number of carbonyl (C=O) groups excluding carboxylic acids is 1. The van der Waals surface area contributed by atoms with Crippen LogP contribution in [-0.4, -0.2) is 28.2 Å². The highest BCUT2D eigenvalue weighted by atomic mass is 16.4. The fraction of sp³-hybridized carbons (Fsp3) is 0.333. The summed E-state index contributed by atoms with van der Waals surface area (Å²) in [6, 6.07) is 1.95. The van der Waals surface area contributed by atoms with E-state index in [9.17, 15) is 14.7 Å². The summed E-state index contributed by atoms with van der Waals surface area (Å²) in [5.41, 5.74) is 0. The van der Waals surface area contributed by atoms with Gasteiger partial charge in [0.25, 0.3) is 0 Å². The fourth-order valence-electron chi connectivity index (χ4n) is 1.14. The molecule has 0 aliphatic heterocycles. The summed E-state index contributed by atoms with van der Waals surface area (Å²) >= 11 is 0. The minimum atomic E-state index is -1.74. The van der Waals surface area contributed by atoms with Crippen LogP contribution in [0.3, 0.4) is 0 Å². The number of aliphatic hydroxyl groups excluding tert-OH is 1. The quantitative estimate of drug-likeness (QED) is 0.648. The number of aliphatic hydroxyl groups is 1. The van der Waals surface area contributed by atoms with Gasteiger partial charge in [-0.15, -0.1) is 0 Å². The Morgan fingerprint density at radius 1 is 1.53 bits per heavy atom. The van der Waals surface area contributed by atoms with Gasteiger partial charge in [0.1, 0.15) is 11.8 Å². The number of carboxylic acid groups (broad SMARTS) is 1. The molecule has 0 radical (unpaired) electrons. The molecule has 0 bridgehead atoms. The fourth-order valence-corrected chi connectivity index (χ4v) is 1.14. The minimum Gasteiger partial charge on any atom is -0.479 e. The van der Waals surface area contributed by atoms with E-state index >= 15 is 0 Å². The van der Waals surface area contributed by atoms with Crippen LogP contribution in [0.2, 0.25) is 0 Å². The van der Waals surface area contributed by atoms with Gasteiger partial charge in [0, 0.05) is 6.92 Å². The third-order valence-electron chi connectivity index (χ3n) is 1.78. The number of nitrogens with one attached hydrogen (secondary N) is 1. The van der Waals surface area contributed by atoms with E-state index in [1.807, 2.05) is 0 Å². The highest BCUT2D eigenvalue weighted by Crippen LogP contribution is 2.17. The number of hydrogen-bond acceptors (Lipinski definition) is 4. The van der Waals surface area contributed by atoms with Gasteiger partial charge in [-0.3, -0.25) is 4.79 Å². The molecule has 0 fully saturated rings. The maximum atomic E-state index is 10.8. The second-order valence-electron chi connectivity index (χ2n) is 2.98. The smallest absolute Gasteiger partial charge is 0.335 e. The molecular weight excluding hydrogens is 202 g/mol. The lowest BCUT2D eigenvalue weighted by Crippen LogP contribution is -2.39. The molecule has 1 amide bonds. The van der Waals surface area contributed by atoms with E-state index in [1.165, 1.54) is 19.3 Å². The van der Waals surface area contributed by atoms with Gasteiger partial charge in [-0.2, -0.15) is 0 Å². The van der Waals surface area contributed by atoms with E-state index in [0.29, 0.717) is 0 Å². The molecule has 3 N–H and O–H groups in total. The zero-order valence-corrected chi connectivity index (χ0v) is 8.01. The van der Waals surface area contributed by atoms with Crippen molar-refractivity contribution < 1.29 is 24.2 Å². The lowest BCUT2D eigenvalue weighted by atomic mass is 10.1. The van der Waals surface area contributed by atoms with E-state index < -0.39 is 24.0 Å². The predicted molar refractivity (Wildman–Crippen MR) is 48.9 cm³/mol. The van der Waals surface area contributed by atoms with E-state index in [2.05, 4.69) is 5.32 Å². The number of carbonyl (C=O) groups is 2. The molecular formula is C9H11NO5. The van der Waals surface area contributed by atoms with Gasteiger partial charge >= 0.3 is 5.97 Å². The Labute approximate surface area is 85.5 Å². The monoisotopic (exact) mass is 213 g/mol. The molecule has 1 heterocycles. The molecule has 15 heavy (non-hydrogen) atoms. The highest BCUT2D eigenvalue weighted by Gasteiger charge is 2.29. The summed E-state index contributed by atoms with van der Waals surface area (Å²) in [4.78, 5) is 21.4. The highest BCUT2D eigenvalue weighted by molar-refractivity contribution is 5.77. The lowest BCUT2D eigenvalue weighted by Gasteiger charge is -2.18. The summed E-state index contributed by atoms with van der Waals surface area (Å²) in [6.07, 6.45) is -0.404. The van der Waals surface area contributed by atoms with E-state index in [1.54, 1.807) is 6.07 Å². The minimum absolute atomic E-state index is 0.195. The Balaban J connectivity index is 2.88. The van der Waals surface area contributed by atoms with Crippen LogP contribution in [0, 0.1) is 0 Å². The van der Waals surface area contributed by atoms with Crippen LogP contribution in [0.15, 0.2) is 22.8 Å². The molecule has 1 rings (SSSR count). The number of carboxylic acids is 1. The topological polar surface area (TPSA) is 99.8 Å². The Morgan fingerprint density at radius 3 is 2.60 bits per heavy atom. The van der Waals surface area contributed by atoms with Gasteiger partial charge in [-0.05, 0) is 12.1 Å². The van der Waals surface area contributed by atoms with E-state index in [4.69, 9.17) is 9.52 Å². The van der Waals surface area contributed by atoms with Gasteiger partial charge < -0.3 is 19.9 Å². The lowest BCUT2D eigenvalue weighted by molar-refractivity contribution is -0.149. The first-order valence-corrected chi connectivity index (χ1v) is 4.23. The molecule has 6 heteroatoms. The van der Waals surface area contributed by atoms with Gasteiger partial charge in [0.15, 0.2) is 6.10 Å². The van der Waals surface area contributed by atoms with Crippen molar-refractivity contribution in [1.82, 2.24) is 5.32 Å². The first-order valence-electron chi connectivity index (χ1n) is 4.23. The Kier molecular flexibility index (Phi) is 3.46. The molecule has 1 aromatic heterocycles. The van der Waals surface area contributed by atoms with Crippen molar-refractivity contribution in [2.24, 2.45) is 0 Å². The van der Waals surface area contributed by atoms with Crippen LogP contribution < -0.4 is 5.32 Å². The average molecular weight is 213 g/mol. The predicted octanol–water partition coefficient (Wildman–Crippen LogP) is -0.0977. The molecule has 0 saturated carbocycles. The van der Waals surface area contributed by atoms with Crippen LogP contribution >= 0.6 is 0 Å². The third-order valence-corrected chi connectivity index (χ3v) is 1.78. The van der Waals surface area contributed by atoms with Crippen LogP contribution in [-0.2, 0) is 9.59 Å². The zero-order valence-electron chi connectivity index (χ0n) is 8.01. The number of aliphatic carboxylic acids is 1. The molecule has 0 aromatic carbocycles. The Bertz CT molecular complexity index is 345. The SMILES string of the molecule is CC(=O)N[C@@H](c1ccco1)[C@@H](O)C(=O)O. The van der Waals surface area contributed by atoms with Crippen molar-refractivity contribution in [2.75, 3.05) is 0 Å². The Morgan fingerprint density at radius 2 is 2.20 bits per heavy atom. The van der Waals surface area contributed by atoms with Crippen LogP contribution in [0.25, 0.3) is 0 Å². The second kappa shape index (κ2) is 4.61. The molecule has 6 nitrogen and oxygen atoms in total. The molecule has 0 aliphatic rings. The summed E-state index contributed by atoms with van der Waals surface area (Å²) in [5, 5.41) is 20.3. The van der Waals surface area contributed by atoms with Gasteiger partial charge in [-0.25, -0.2) is 4.79 Å². The van der Waals surface area contributed by atoms with E-state index in [0.717, 1.165) is 0 Å². The first kappa shape index (κ1) is 11.3. The summed E-state index contributed by atoms with van der Waals surface area (Å²) in [7, 11) is 0. The van der Waals surface area contributed by atoms with Crippen LogP contribution in [0.5, 0.6) is 0 Å². The maximum absolute atomic E-state index is 10.8. The van der Waals surface area contributed by atoms with Gasteiger partial charge in [0.2, 0.25) is 5.91 Å². The van der Waals surface area contributed by atoms with Crippen molar-refractivity contribution in [2.45, 2.75) is 19.1 Å². The molecule has 0 saturated heterocycles. The summed E-state index contributed by atoms with van der Waals surface area (Å²) in [6.45, 7) is 1.23. The molecule has 0 spiro atoms. The van der Waals surface area contributed by atoms with Gasteiger partial charge in [-0.1, -0.05) is 0 Å². The van der Waals surface area contributed by atoms with Crippen molar-refractivity contribution in [1.29, 1.82) is 0 Å². The molecule has 1 aromatic rings. The van der Waals surface area contributed by atoms with Crippen molar-refractivity contribution in [3.05, 3.63) is 24.2 Å². The standard InChI is InChI=1S/C9H11NO5/c1-5(11)10-7(8(12)9(13)14)6-3-2-4-15-6/h2-4,7-8,12H,1H3,(H,10,11)(H,13,14)/t7-,8+/m0/s1. The second-order valence-corrected chi connectivity index (χ2v) is 2.98. The number of furan rings is 1. The van der Waals surface area contributed by atoms with Crippen LogP contribution in [0.4, 0.5) is 0 Å². The van der Waals surface area contributed by atoms with Gasteiger partial charge in [0.05, 0.1) is 6.26 Å². The number of hydrogen-bond donors (Lipinski definition) is 3. The van der Waals surface area contributed by atoms with E-state index in [-0.39, 0.29) is 5.76 Å².